The second kappa shape index (κ2) is 8.57. The number of amides is 2. The summed E-state index contributed by atoms with van der Waals surface area (Å²) in [4.78, 5) is 25.7. The number of carbonyl (C=O) groups excluding carboxylic acids is 2. The lowest BCUT2D eigenvalue weighted by Crippen LogP contribution is -2.41. The first-order valence-corrected chi connectivity index (χ1v) is 8.30. The van der Waals surface area contributed by atoms with Gasteiger partial charge in [0.25, 0.3) is 0 Å². The van der Waals surface area contributed by atoms with Gasteiger partial charge in [-0.3, -0.25) is 9.59 Å². The Hall–Kier alpha value is -1.84. The molecule has 0 saturated carbocycles. The molecule has 1 heterocycles. The van der Waals surface area contributed by atoms with Gasteiger partial charge in [0.15, 0.2) is 0 Å². The summed E-state index contributed by atoms with van der Waals surface area (Å²) in [6.07, 6.45) is 4.58. The third-order valence-corrected chi connectivity index (χ3v) is 4.32. The van der Waals surface area contributed by atoms with Gasteiger partial charge in [0.05, 0.1) is 6.54 Å². The fourth-order valence-corrected chi connectivity index (χ4v) is 2.90. The second-order valence-electron chi connectivity index (χ2n) is 5.95. The van der Waals surface area contributed by atoms with E-state index in [2.05, 4.69) is 24.4 Å². The van der Waals surface area contributed by atoms with Crippen LogP contribution in [0.25, 0.3) is 0 Å². The molecule has 1 aliphatic heterocycles. The zero-order chi connectivity index (χ0) is 15.8. The van der Waals surface area contributed by atoms with Crippen molar-refractivity contribution in [2.24, 2.45) is 0 Å². The maximum absolute atomic E-state index is 12.1. The molecule has 1 aromatic carbocycles. The Morgan fingerprint density at radius 1 is 1.23 bits per heavy atom. The zero-order valence-corrected chi connectivity index (χ0v) is 13.4. The Kier molecular flexibility index (Phi) is 6.44. The van der Waals surface area contributed by atoms with Crippen LogP contribution in [0.5, 0.6) is 0 Å². The maximum Gasteiger partial charge on any atom is 0.239 e. The van der Waals surface area contributed by atoms with Gasteiger partial charge >= 0.3 is 0 Å². The summed E-state index contributed by atoms with van der Waals surface area (Å²) in [5, 5.41) is 2.99. The SMILES string of the molecule is CCC(CNC(=O)CN1CCCCCC1=O)c1ccccc1. The molecule has 1 fully saturated rings. The van der Waals surface area contributed by atoms with E-state index in [9.17, 15) is 9.59 Å². The van der Waals surface area contributed by atoms with E-state index in [4.69, 9.17) is 0 Å². The number of nitrogens with zero attached hydrogens (tertiary/aromatic N) is 1. The number of hydrogen-bond acceptors (Lipinski definition) is 2. The molecule has 4 heteroatoms. The van der Waals surface area contributed by atoms with E-state index >= 15 is 0 Å². The van der Waals surface area contributed by atoms with Gasteiger partial charge in [-0.25, -0.2) is 0 Å². The summed E-state index contributed by atoms with van der Waals surface area (Å²) in [6, 6.07) is 10.2. The van der Waals surface area contributed by atoms with Crippen LogP contribution in [-0.2, 0) is 9.59 Å². The van der Waals surface area contributed by atoms with Crippen LogP contribution in [0.2, 0.25) is 0 Å². The maximum atomic E-state index is 12.1. The van der Waals surface area contributed by atoms with Crippen molar-refractivity contribution in [2.75, 3.05) is 19.6 Å². The summed E-state index contributed by atoms with van der Waals surface area (Å²) in [7, 11) is 0. The Bertz CT molecular complexity index is 487. The summed E-state index contributed by atoms with van der Waals surface area (Å²) >= 11 is 0. The van der Waals surface area contributed by atoms with Gasteiger partial charge in [-0.05, 0) is 24.8 Å². The fourth-order valence-electron chi connectivity index (χ4n) is 2.90. The topological polar surface area (TPSA) is 49.4 Å². The summed E-state index contributed by atoms with van der Waals surface area (Å²) < 4.78 is 0. The van der Waals surface area contributed by atoms with Crippen LogP contribution in [-0.4, -0.2) is 36.3 Å². The van der Waals surface area contributed by atoms with E-state index in [0.29, 0.717) is 25.4 Å². The lowest BCUT2D eigenvalue weighted by molar-refractivity contribution is -0.135. The van der Waals surface area contributed by atoms with Crippen molar-refractivity contribution in [3.05, 3.63) is 35.9 Å². The van der Waals surface area contributed by atoms with Gasteiger partial charge in [0.1, 0.15) is 0 Å². The van der Waals surface area contributed by atoms with Crippen LogP contribution >= 0.6 is 0 Å². The van der Waals surface area contributed by atoms with Crippen LogP contribution in [0.3, 0.4) is 0 Å². The molecule has 2 amide bonds. The monoisotopic (exact) mass is 302 g/mol. The number of benzene rings is 1. The van der Waals surface area contributed by atoms with Crippen molar-refractivity contribution in [1.29, 1.82) is 0 Å². The van der Waals surface area contributed by atoms with Crippen molar-refractivity contribution in [3.63, 3.8) is 0 Å². The molecule has 0 aromatic heterocycles. The third-order valence-electron chi connectivity index (χ3n) is 4.32. The molecule has 4 nitrogen and oxygen atoms in total. The number of carbonyl (C=O) groups is 2. The van der Waals surface area contributed by atoms with Gasteiger partial charge in [-0.2, -0.15) is 0 Å². The zero-order valence-electron chi connectivity index (χ0n) is 13.4. The highest BCUT2D eigenvalue weighted by Crippen LogP contribution is 2.18. The highest BCUT2D eigenvalue weighted by atomic mass is 16.2. The van der Waals surface area contributed by atoms with Crippen LogP contribution < -0.4 is 5.32 Å². The van der Waals surface area contributed by atoms with Crippen LogP contribution in [0, 0.1) is 0 Å². The van der Waals surface area contributed by atoms with Crippen LogP contribution in [0.15, 0.2) is 30.3 Å². The van der Waals surface area contributed by atoms with Gasteiger partial charge < -0.3 is 10.2 Å². The lowest BCUT2D eigenvalue weighted by Gasteiger charge is -2.21. The van der Waals surface area contributed by atoms with Crippen molar-refractivity contribution in [2.45, 2.75) is 44.9 Å². The molecule has 22 heavy (non-hydrogen) atoms. The first-order chi connectivity index (χ1) is 10.7. The molecule has 1 aliphatic rings. The van der Waals surface area contributed by atoms with Gasteiger partial charge in [-0.1, -0.05) is 43.7 Å². The van der Waals surface area contributed by atoms with Gasteiger partial charge in [0.2, 0.25) is 11.8 Å². The van der Waals surface area contributed by atoms with E-state index in [1.54, 1.807) is 4.90 Å². The minimum Gasteiger partial charge on any atom is -0.354 e. The van der Waals surface area contributed by atoms with Gasteiger partial charge in [0, 0.05) is 25.4 Å². The molecule has 1 aromatic rings. The Morgan fingerprint density at radius 3 is 2.73 bits per heavy atom. The van der Waals surface area contributed by atoms with E-state index in [0.717, 1.165) is 25.7 Å². The molecule has 0 bridgehead atoms. The minimum atomic E-state index is -0.0513. The molecular weight excluding hydrogens is 276 g/mol. The highest BCUT2D eigenvalue weighted by molar-refractivity contribution is 5.84. The normalized spacial score (nSPS) is 17.0. The molecule has 1 unspecified atom stereocenters. The smallest absolute Gasteiger partial charge is 0.239 e. The third kappa shape index (κ3) is 4.86. The van der Waals surface area contributed by atoms with E-state index in [-0.39, 0.29) is 18.4 Å². The Labute approximate surface area is 132 Å². The highest BCUT2D eigenvalue weighted by Gasteiger charge is 2.19. The fraction of sp³-hybridized carbons (Fsp3) is 0.556. The number of nitrogens with one attached hydrogen (secondary N) is 1. The molecule has 0 aliphatic carbocycles. The molecule has 0 radical (unpaired) electrons. The van der Waals surface area contributed by atoms with Crippen LogP contribution in [0.1, 0.15) is 50.5 Å². The van der Waals surface area contributed by atoms with Crippen molar-refractivity contribution in [1.82, 2.24) is 10.2 Å². The molecule has 1 atom stereocenters. The van der Waals surface area contributed by atoms with E-state index in [1.165, 1.54) is 5.56 Å². The molecule has 0 spiro atoms. The predicted molar refractivity (Wildman–Crippen MR) is 87.5 cm³/mol. The standard InChI is InChI=1S/C18H26N2O2/c1-2-15(16-9-5-3-6-10-16)13-19-17(21)14-20-12-8-4-7-11-18(20)22/h3,5-6,9-10,15H,2,4,7-8,11-14H2,1H3,(H,19,21). The molecule has 1 N–H and O–H groups in total. The number of rotatable bonds is 6. The average Bonchev–Trinajstić information content (AvgIpc) is 2.74. The number of likely N-dealkylation sites (tertiary alicyclic amines) is 1. The molecular formula is C18H26N2O2. The Balaban J connectivity index is 1.82. The second-order valence-corrected chi connectivity index (χ2v) is 5.95. The summed E-state index contributed by atoms with van der Waals surface area (Å²) in [5.74, 6) is 0.386. The van der Waals surface area contributed by atoms with Crippen LogP contribution in [0.4, 0.5) is 0 Å². The molecule has 1 saturated heterocycles. The number of hydrogen-bond donors (Lipinski definition) is 1. The first kappa shape index (κ1) is 16.5. The van der Waals surface area contributed by atoms with Crippen molar-refractivity contribution >= 4 is 11.8 Å². The largest absolute Gasteiger partial charge is 0.354 e. The van der Waals surface area contributed by atoms with Crippen molar-refractivity contribution < 1.29 is 9.59 Å². The summed E-state index contributed by atoms with van der Waals surface area (Å²) in [6.45, 7) is 3.66. The predicted octanol–water partition coefficient (Wildman–Crippen LogP) is 2.70. The lowest BCUT2D eigenvalue weighted by atomic mass is 9.96. The molecule has 120 valence electrons. The van der Waals surface area contributed by atoms with E-state index in [1.807, 2.05) is 18.2 Å². The molecule has 2 rings (SSSR count). The minimum absolute atomic E-state index is 0.0513. The van der Waals surface area contributed by atoms with E-state index < -0.39 is 0 Å². The van der Waals surface area contributed by atoms with Crippen molar-refractivity contribution in [3.8, 4) is 0 Å². The average molecular weight is 302 g/mol. The summed E-state index contributed by atoms with van der Waals surface area (Å²) in [5.41, 5.74) is 1.25. The Morgan fingerprint density at radius 2 is 2.00 bits per heavy atom. The quantitative estimate of drug-likeness (QED) is 0.878. The van der Waals surface area contributed by atoms with Gasteiger partial charge in [-0.15, -0.1) is 0 Å². The first-order valence-electron chi connectivity index (χ1n) is 8.30.